The van der Waals surface area contributed by atoms with E-state index < -0.39 is 136 Å². The Bertz CT molecular complexity index is 1940. The molecule has 5 fully saturated rings. The minimum atomic E-state index is -2.42. The van der Waals surface area contributed by atoms with Crippen LogP contribution in [0.25, 0.3) is 0 Å². The molecule has 16 nitrogen and oxygen atoms in total. The molecular formula is C52H84F2N2O14. The number of aliphatic hydroxyl groups is 6. The maximum Gasteiger partial charge on any atom is 0.311 e. The molecule has 2 saturated heterocycles. The molecule has 0 bridgehead atoms. The van der Waals surface area contributed by atoms with E-state index in [9.17, 15) is 45.0 Å². The predicted molar refractivity (Wildman–Crippen MR) is 253 cm³/mol. The first kappa shape index (κ1) is 56.8. The largest absolute Gasteiger partial charge is 0.459 e. The SMILES string of the molecule is CC[C@H]1OC(=O)[C@H](C)[C@@H](OC2C[C@](C)(OC)[C@H](O)CO2)[C@H](C)C[C@H](O)CCCN(CCCNC(=O)[C@@]2(OC(C)(C)C)[C@H](O)CC3C4C[C@H](F)C5=CC(=O)C=C[C@]5(C)[C@@]4(F)[C@@H](O)C[C@@]32C)[C@H](C)[C@@H](O)[C@@H]1O. The summed E-state index contributed by atoms with van der Waals surface area (Å²) in [5.41, 5.74) is -9.43. The first-order valence-electron chi connectivity index (χ1n) is 25.7. The zero-order valence-corrected chi connectivity index (χ0v) is 43.2. The molecule has 2 aliphatic heterocycles. The van der Waals surface area contributed by atoms with Crippen LogP contribution >= 0.6 is 0 Å². The van der Waals surface area contributed by atoms with Crippen molar-refractivity contribution >= 4 is 17.7 Å². The van der Waals surface area contributed by atoms with Gasteiger partial charge in [0.05, 0.1) is 54.2 Å². The Hall–Kier alpha value is -2.49. The van der Waals surface area contributed by atoms with Crippen LogP contribution in [-0.2, 0) is 38.1 Å². The molecule has 20 atom stereocenters. The highest BCUT2D eigenvalue weighted by molar-refractivity contribution is 6.01. The van der Waals surface area contributed by atoms with Crippen LogP contribution in [0.2, 0.25) is 0 Å². The second kappa shape index (κ2) is 21.4. The van der Waals surface area contributed by atoms with Gasteiger partial charge in [-0.2, -0.15) is 0 Å². The minimum Gasteiger partial charge on any atom is -0.459 e. The molecule has 0 aromatic heterocycles. The van der Waals surface area contributed by atoms with E-state index in [0.29, 0.717) is 32.4 Å². The molecule has 0 spiro atoms. The van der Waals surface area contributed by atoms with Gasteiger partial charge in [-0.15, -0.1) is 0 Å². The summed E-state index contributed by atoms with van der Waals surface area (Å²) in [7, 11) is 1.49. The van der Waals surface area contributed by atoms with Crippen molar-refractivity contribution in [2.24, 2.45) is 34.5 Å². The molecule has 0 aromatic rings. The van der Waals surface area contributed by atoms with E-state index in [0.717, 1.165) is 6.08 Å². The normalized spacial score (nSPS) is 46.7. The smallest absolute Gasteiger partial charge is 0.311 e. The average Bonchev–Trinajstić information content (AvgIpc) is 3.50. The fourth-order valence-electron chi connectivity index (χ4n) is 13.3. The maximum atomic E-state index is 18.0. The molecule has 2 heterocycles. The van der Waals surface area contributed by atoms with Gasteiger partial charge in [0.1, 0.15) is 24.5 Å². The molecule has 3 saturated carbocycles. The summed E-state index contributed by atoms with van der Waals surface area (Å²) in [5, 5.41) is 72.3. The van der Waals surface area contributed by atoms with Crippen molar-refractivity contribution in [2.75, 3.05) is 33.4 Å². The van der Waals surface area contributed by atoms with Crippen LogP contribution in [0.5, 0.6) is 0 Å². The maximum absolute atomic E-state index is 18.0. The summed E-state index contributed by atoms with van der Waals surface area (Å²) >= 11 is 0. The number of alkyl halides is 2. The van der Waals surface area contributed by atoms with Crippen molar-refractivity contribution in [1.29, 1.82) is 0 Å². The lowest BCUT2D eigenvalue weighted by Crippen LogP contribution is -2.72. The molecular weight excluding hydrogens is 915 g/mol. The van der Waals surface area contributed by atoms with Crippen molar-refractivity contribution in [3.63, 3.8) is 0 Å². The second-order valence-electron chi connectivity index (χ2n) is 23.2. The van der Waals surface area contributed by atoms with Crippen molar-refractivity contribution in [3.05, 3.63) is 23.8 Å². The summed E-state index contributed by atoms with van der Waals surface area (Å²) in [6, 6.07) is -0.692. The summed E-state index contributed by atoms with van der Waals surface area (Å²) in [6.07, 6.45) is -7.49. The second-order valence-corrected chi connectivity index (χ2v) is 23.2. The number of nitrogens with zero attached hydrogens (tertiary/aromatic N) is 1. The van der Waals surface area contributed by atoms with Gasteiger partial charge < -0.3 is 59.6 Å². The Morgan fingerprint density at radius 2 is 1.64 bits per heavy atom. The fourth-order valence-corrected chi connectivity index (χ4v) is 13.3. The lowest BCUT2D eigenvalue weighted by atomic mass is 9.44. The third-order valence-corrected chi connectivity index (χ3v) is 17.5. The number of fused-ring (bicyclic) bond motifs is 5. The van der Waals surface area contributed by atoms with Crippen molar-refractivity contribution in [3.8, 4) is 0 Å². The van der Waals surface area contributed by atoms with Crippen LogP contribution in [0.1, 0.15) is 127 Å². The highest BCUT2D eigenvalue weighted by Crippen LogP contribution is 2.71. The number of hydrogen-bond donors (Lipinski definition) is 7. The fraction of sp³-hybridized carbons (Fsp3) is 0.865. The van der Waals surface area contributed by atoms with Gasteiger partial charge in [-0.3, -0.25) is 19.3 Å². The van der Waals surface area contributed by atoms with Crippen LogP contribution in [0.3, 0.4) is 0 Å². The van der Waals surface area contributed by atoms with Crippen LogP contribution in [0.4, 0.5) is 8.78 Å². The van der Waals surface area contributed by atoms with E-state index in [2.05, 4.69) is 5.32 Å². The van der Waals surface area contributed by atoms with E-state index in [1.807, 2.05) is 11.8 Å². The number of carbonyl (C=O) groups is 3. The highest BCUT2D eigenvalue weighted by Gasteiger charge is 2.78. The number of nitrogens with one attached hydrogen (secondary N) is 1. The Morgan fingerprint density at radius 1 is 0.957 bits per heavy atom. The molecule has 6 rings (SSSR count). The molecule has 6 aliphatic rings. The number of aliphatic hydroxyl groups excluding tert-OH is 6. The number of methoxy groups -OCH3 is 1. The van der Waals surface area contributed by atoms with Gasteiger partial charge in [0.2, 0.25) is 0 Å². The molecule has 70 heavy (non-hydrogen) atoms. The molecule has 1 amide bonds. The first-order valence-corrected chi connectivity index (χ1v) is 25.7. The van der Waals surface area contributed by atoms with E-state index in [-0.39, 0.29) is 63.2 Å². The number of carbonyl (C=O) groups excluding carboxylic acids is 3. The molecule has 4 aliphatic carbocycles. The third kappa shape index (κ3) is 10.3. The predicted octanol–water partition coefficient (Wildman–Crippen LogP) is 3.78. The number of ether oxygens (including phenoxy) is 5. The summed E-state index contributed by atoms with van der Waals surface area (Å²) in [5.74, 6) is -4.99. The molecule has 18 heteroatoms. The summed E-state index contributed by atoms with van der Waals surface area (Å²) < 4.78 is 64.6. The van der Waals surface area contributed by atoms with Crippen LogP contribution in [-0.4, -0.2) is 176 Å². The quantitative estimate of drug-likeness (QED) is 0.122. The summed E-state index contributed by atoms with van der Waals surface area (Å²) in [6.45, 7) is 17.8. The Balaban J connectivity index is 1.18. The highest BCUT2D eigenvalue weighted by atomic mass is 19.1. The number of ketones is 1. The average molecular weight is 999 g/mol. The van der Waals surface area contributed by atoms with E-state index in [1.165, 1.54) is 26.2 Å². The van der Waals surface area contributed by atoms with Gasteiger partial charge in [-0.05, 0) is 136 Å². The summed E-state index contributed by atoms with van der Waals surface area (Å²) in [4.78, 5) is 43.0. The number of esters is 1. The van der Waals surface area contributed by atoms with Crippen LogP contribution < -0.4 is 5.32 Å². The monoisotopic (exact) mass is 999 g/mol. The third-order valence-electron chi connectivity index (χ3n) is 17.5. The zero-order chi connectivity index (χ0) is 52.1. The number of halogens is 2. The molecule has 7 N–H and O–H groups in total. The van der Waals surface area contributed by atoms with Crippen molar-refractivity contribution < 1.29 is 77.5 Å². The van der Waals surface area contributed by atoms with Gasteiger partial charge in [0.15, 0.2) is 23.3 Å². The lowest BCUT2D eigenvalue weighted by molar-refractivity contribution is -0.273. The van der Waals surface area contributed by atoms with E-state index >= 15 is 8.78 Å². The van der Waals surface area contributed by atoms with Gasteiger partial charge in [0, 0.05) is 49.4 Å². The topological polar surface area (TPSA) is 234 Å². The molecule has 3 unspecified atom stereocenters. The molecule has 0 aromatic carbocycles. The van der Waals surface area contributed by atoms with Gasteiger partial charge >= 0.3 is 5.97 Å². The van der Waals surface area contributed by atoms with E-state index in [4.69, 9.17) is 23.7 Å². The van der Waals surface area contributed by atoms with Crippen molar-refractivity contribution in [2.45, 2.75) is 217 Å². The number of rotatable bonds is 10. The Labute approximate surface area is 412 Å². The first-order chi connectivity index (χ1) is 32.5. The standard InChI is InChI=1S/C52H84F2N2O14/c1-12-37-43(63)42(62)30(4)56(19-13-15-31(57)21-28(2)44(29(3)45(64)68-37)69-41-26-50(10,66-11)40(61)27-67-41)20-14-18-55-46(65)52(70-47(5,6)7)38(59)24-33-34-23-36(53)35-22-32(58)16-17-48(35,8)51(34,54)39(60)25-49(33,52)9/h16-17,22,28-31,33-34,36-44,57,59-63H,12-15,18-21,23-27H2,1-11H3,(H,55,65)/t28-,29-,30-,31-,33?,34?,36+,37-,38-,39+,40-,41?,42-,43-,44+,48+,49+,50+,51+,52+/m1/s1. The lowest BCUT2D eigenvalue weighted by Gasteiger charge is -2.63. The molecule has 400 valence electrons. The molecule has 0 radical (unpaired) electrons. The van der Waals surface area contributed by atoms with Gasteiger partial charge in [-0.25, -0.2) is 8.78 Å². The van der Waals surface area contributed by atoms with Crippen LogP contribution in [0, 0.1) is 34.5 Å². The van der Waals surface area contributed by atoms with Crippen LogP contribution in [0.15, 0.2) is 23.8 Å². The minimum absolute atomic E-state index is 0.0253. The van der Waals surface area contributed by atoms with E-state index in [1.54, 1.807) is 55.4 Å². The van der Waals surface area contributed by atoms with Gasteiger partial charge in [-0.1, -0.05) is 26.8 Å². The van der Waals surface area contributed by atoms with Crippen molar-refractivity contribution in [1.82, 2.24) is 10.2 Å². The Kier molecular flexibility index (Phi) is 17.4. The Morgan fingerprint density at radius 3 is 2.29 bits per heavy atom. The van der Waals surface area contributed by atoms with Gasteiger partial charge in [0.25, 0.3) is 5.91 Å². The number of amides is 1. The number of allylic oxidation sites excluding steroid dienone is 4. The number of hydrogen-bond acceptors (Lipinski definition) is 15. The zero-order valence-electron chi connectivity index (χ0n) is 43.2. The number of cyclic esters (lactones) is 1.